The fraction of sp³-hybridized carbons (Fsp3) is 0.250. The summed E-state index contributed by atoms with van der Waals surface area (Å²) in [4.78, 5) is 28.4. The zero-order chi connectivity index (χ0) is 24.2. The molecule has 3 aliphatic rings. The molecule has 4 aromatic rings. The Labute approximate surface area is 201 Å². The van der Waals surface area contributed by atoms with Gasteiger partial charge in [-0.25, -0.2) is 4.39 Å². The molecule has 0 spiro atoms. The largest absolute Gasteiger partial charge is 0.481 e. The van der Waals surface area contributed by atoms with Crippen LogP contribution in [0.15, 0.2) is 73.2 Å². The minimum Gasteiger partial charge on any atom is -0.481 e. The predicted molar refractivity (Wildman–Crippen MR) is 129 cm³/mol. The molecule has 3 saturated carbocycles. The Balaban J connectivity index is 1.24. The fourth-order valence-corrected chi connectivity index (χ4v) is 6.10. The quantitative estimate of drug-likeness (QED) is 0.398. The molecule has 7 rings (SSSR count). The van der Waals surface area contributed by atoms with E-state index in [1.807, 2.05) is 47.2 Å². The number of halogens is 1. The lowest BCUT2D eigenvalue weighted by molar-refractivity contribution is -0.172. The van der Waals surface area contributed by atoms with Gasteiger partial charge in [0.25, 0.3) is 5.91 Å². The summed E-state index contributed by atoms with van der Waals surface area (Å²) in [5.74, 6) is -1.41. The second kappa shape index (κ2) is 7.77. The molecule has 2 N–H and O–H groups in total. The van der Waals surface area contributed by atoms with Crippen molar-refractivity contribution in [3.05, 3.63) is 90.1 Å². The number of aliphatic carboxylic acids is 1. The maximum atomic E-state index is 14.6. The van der Waals surface area contributed by atoms with Crippen LogP contribution < -0.4 is 5.32 Å². The number of rotatable bonds is 7. The lowest BCUT2D eigenvalue weighted by Gasteiger charge is -2.70. The van der Waals surface area contributed by atoms with E-state index < -0.39 is 5.97 Å². The Hall–Kier alpha value is -4.00. The molecule has 0 aliphatic heterocycles. The van der Waals surface area contributed by atoms with Crippen LogP contribution in [0.1, 0.15) is 41.6 Å². The van der Waals surface area contributed by atoms with Gasteiger partial charge in [0.2, 0.25) is 0 Å². The van der Waals surface area contributed by atoms with E-state index in [2.05, 4.69) is 10.3 Å². The average molecular weight is 470 g/mol. The lowest BCUT2D eigenvalue weighted by Crippen LogP contribution is -2.75. The molecule has 2 bridgehead atoms. The smallest absolute Gasteiger partial charge is 0.303 e. The van der Waals surface area contributed by atoms with Gasteiger partial charge in [-0.1, -0.05) is 24.3 Å². The Morgan fingerprint density at radius 1 is 0.971 bits per heavy atom. The van der Waals surface area contributed by atoms with Crippen LogP contribution in [-0.2, 0) is 11.3 Å². The van der Waals surface area contributed by atoms with Crippen molar-refractivity contribution >= 4 is 22.8 Å². The third-order valence-electron chi connectivity index (χ3n) is 7.48. The van der Waals surface area contributed by atoms with Crippen molar-refractivity contribution in [3.63, 3.8) is 0 Å². The molecule has 3 aliphatic carbocycles. The summed E-state index contributed by atoms with van der Waals surface area (Å²) < 4.78 is 16.5. The van der Waals surface area contributed by atoms with E-state index in [0.717, 1.165) is 16.7 Å². The Kier molecular flexibility index (Phi) is 4.78. The summed E-state index contributed by atoms with van der Waals surface area (Å²) in [6, 6.07) is 16.6. The van der Waals surface area contributed by atoms with Crippen molar-refractivity contribution in [2.45, 2.75) is 37.8 Å². The zero-order valence-electron chi connectivity index (χ0n) is 19.0. The molecule has 0 saturated heterocycles. The normalized spacial score (nSPS) is 22.3. The van der Waals surface area contributed by atoms with Gasteiger partial charge in [0.15, 0.2) is 0 Å². The molecule has 6 nitrogen and oxygen atoms in total. The first-order valence-corrected chi connectivity index (χ1v) is 11.7. The topological polar surface area (TPSA) is 84.2 Å². The molecule has 1 amide bonds. The maximum absolute atomic E-state index is 14.6. The van der Waals surface area contributed by atoms with E-state index in [9.17, 15) is 14.0 Å². The molecular formula is C28H24FN3O3. The second-order valence-electron chi connectivity index (χ2n) is 10.1. The first kappa shape index (κ1) is 21.5. The molecule has 3 fully saturated rings. The summed E-state index contributed by atoms with van der Waals surface area (Å²) in [6.07, 6.45) is 7.54. The van der Waals surface area contributed by atoms with Crippen LogP contribution in [0, 0.1) is 11.2 Å². The Bertz CT molecular complexity index is 1440. The molecule has 7 heteroatoms. The van der Waals surface area contributed by atoms with Gasteiger partial charge < -0.3 is 15.0 Å². The van der Waals surface area contributed by atoms with Crippen molar-refractivity contribution in [3.8, 4) is 11.1 Å². The molecule has 2 aromatic carbocycles. The Morgan fingerprint density at radius 2 is 1.66 bits per heavy atom. The highest BCUT2D eigenvalue weighted by Crippen LogP contribution is 2.69. The number of aromatic nitrogens is 2. The summed E-state index contributed by atoms with van der Waals surface area (Å²) in [6.45, 7) is 0.497. The Morgan fingerprint density at radius 3 is 2.34 bits per heavy atom. The van der Waals surface area contributed by atoms with E-state index >= 15 is 0 Å². The third-order valence-corrected chi connectivity index (χ3v) is 7.48. The van der Waals surface area contributed by atoms with Gasteiger partial charge in [-0.2, -0.15) is 0 Å². The number of benzene rings is 2. The highest BCUT2D eigenvalue weighted by molar-refractivity contribution is 6.06. The van der Waals surface area contributed by atoms with Crippen LogP contribution >= 0.6 is 0 Å². The second-order valence-corrected chi connectivity index (χ2v) is 10.1. The predicted octanol–water partition coefficient (Wildman–Crippen LogP) is 5.02. The van der Waals surface area contributed by atoms with Crippen molar-refractivity contribution < 1.29 is 19.1 Å². The molecule has 2 heterocycles. The van der Waals surface area contributed by atoms with Gasteiger partial charge >= 0.3 is 5.97 Å². The van der Waals surface area contributed by atoms with Crippen molar-refractivity contribution in [1.82, 2.24) is 14.9 Å². The van der Waals surface area contributed by atoms with Crippen LogP contribution in [0.5, 0.6) is 0 Å². The first-order chi connectivity index (χ1) is 16.9. The maximum Gasteiger partial charge on any atom is 0.303 e. The van der Waals surface area contributed by atoms with Crippen molar-refractivity contribution in [1.29, 1.82) is 0 Å². The number of nitrogens with zero attached hydrogens (tertiary/aromatic N) is 2. The minimum absolute atomic E-state index is 0.147. The summed E-state index contributed by atoms with van der Waals surface area (Å²) in [5.41, 5.74) is 3.69. The van der Waals surface area contributed by atoms with Crippen molar-refractivity contribution in [2.75, 3.05) is 0 Å². The van der Waals surface area contributed by atoms with E-state index in [1.54, 1.807) is 18.5 Å². The number of hydrogen-bond acceptors (Lipinski definition) is 3. The molecule has 2 aromatic heterocycles. The number of fused-ring (bicyclic) bond motifs is 1. The fourth-order valence-electron chi connectivity index (χ4n) is 6.10. The first-order valence-electron chi connectivity index (χ1n) is 11.7. The number of pyridine rings is 1. The number of carboxylic acids is 1. The lowest BCUT2D eigenvalue weighted by atomic mass is 9.38. The van der Waals surface area contributed by atoms with Crippen LogP contribution in [0.3, 0.4) is 0 Å². The number of carbonyl (C=O) groups excluding carboxylic acids is 1. The summed E-state index contributed by atoms with van der Waals surface area (Å²) >= 11 is 0. The number of hydrogen-bond donors (Lipinski definition) is 2. The van der Waals surface area contributed by atoms with Gasteiger partial charge in [-0.3, -0.25) is 14.6 Å². The number of carboxylic acid groups (broad SMARTS) is 1. The standard InChI is InChI=1S/C28H24FN3O3/c29-23-6-5-22(26(35)31-28-15-27(16-28,17-28)13-24(33)34)25-21(23)9-12-32(25)14-18-1-3-19(4-2-18)20-7-10-30-11-8-20/h1-12H,13-17H2,(H,31,35)(H,33,34). The number of nitrogens with one attached hydrogen (secondary N) is 1. The molecule has 35 heavy (non-hydrogen) atoms. The van der Waals surface area contributed by atoms with E-state index in [-0.39, 0.29) is 29.1 Å². The highest BCUT2D eigenvalue weighted by Gasteiger charge is 2.68. The molecule has 0 radical (unpaired) electrons. The van der Waals surface area contributed by atoms with Crippen LogP contribution in [0.4, 0.5) is 4.39 Å². The number of carbonyl (C=O) groups is 2. The van der Waals surface area contributed by atoms with Crippen LogP contribution in [-0.4, -0.2) is 32.1 Å². The summed E-state index contributed by atoms with van der Waals surface area (Å²) in [5, 5.41) is 12.6. The van der Waals surface area contributed by atoms with E-state index in [0.29, 0.717) is 42.3 Å². The molecular weight excluding hydrogens is 445 g/mol. The van der Waals surface area contributed by atoms with Gasteiger partial charge in [-0.15, -0.1) is 0 Å². The SMILES string of the molecule is O=C(O)CC12CC(NC(=O)c3ccc(F)c4ccn(Cc5ccc(-c6ccncc6)cc5)c34)(C1)C2. The van der Waals surface area contributed by atoms with Crippen LogP contribution in [0.25, 0.3) is 22.0 Å². The zero-order valence-corrected chi connectivity index (χ0v) is 19.0. The number of amides is 1. The average Bonchev–Trinajstić information content (AvgIpc) is 3.22. The van der Waals surface area contributed by atoms with Gasteiger partial charge in [-0.05, 0) is 71.7 Å². The van der Waals surface area contributed by atoms with E-state index in [1.165, 1.54) is 12.1 Å². The van der Waals surface area contributed by atoms with E-state index in [4.69, 9.17) is 5.11 Å². The monoisotopic (exact) mass is 469 g/mol. The third kappa shape index (κ3) is 3.67. The van der Waals surface area contributed by atoms with Gasteiger partial charge in [0.1, 0.15) is 5.82 Å². The molecule has 0 unspecified atom stereocenters. The molecule has 176 valence electrons. The van der Waals surface area contributed by atoms with Gasteiger partial charge in [0.05, 0.1) is 17.5 Å². The summed E-state index contributed by atoms with van der Waals surface area (Å²) in [7, 11) is 0. The highest BCUT2D eigenvalue weighted by atomic mass is 19.1. The van der Waals surface area contributed by atoms with Crippen LogP contribution in [0.2, 0.25) is 0 Å². The van der Waals surface area contributed by atoms with Crippen molar-refractivity contribution in [2.24, 2.45) is 5.41 Å². The minimum atomic E-state index is -0.795. The van der Waals surface area contributed by atoms with Gasteiger partial charge in [0, 0.05) is 36.1 Å². The molecule has 0 atom stereocenters.